The molecule has 2 bridgehead atoms. The molecular weight excluding hydrogens is 346 g/mol. The van der Waals surface area contributed by atoms with Crippen LogP contribution in [0.3, 0.4) is 0 Å². The SMILES string of the molecule is CCOC(CC1=CC2COCC(C1)N2C(=O)OCc1ccccc1)OCC. The molecule has 0 aromatic heterocycles. The normalized spacial score (nSPS) is 21.9. The van der Waals surface area contributed by atoms with E-state index in [0.29, 0.717) is 26.4 Å². The van der Waals surface area contributed by atoms with Gasteiger partial charge in [0.25, 0.3) is 0 Å². The van der Waals surface area contributed by atoms with Gasteiger partial charge >= 0.3 is 6.09 Å². The molecule has 2 aliphatic heterocycles. The number of amides is 1. The zero-order valence-corrected chi connectivity index (χ0v) is 16.1. The van der Waals surface area contributed by atoms with Crippen molar-refractivity contribution in [3.63, 3.8) is 0 Å². The van der Waals surface area contributed by atoms with Gasteiger partial charge in [-0.2, -0.15) is 0 Å². The van der Waals surface area contributed by atoms with Crippen LogP contribution < -0.4 is 0 Å². The highest BCUT2D eigenvalue weighted by Gasteiger charge is 2.39. The standard InChI is InChI=1S/C21H29NO5/c1-3-25-20(26-4-2)12-17-10-18-14-24-15-19(11-17)22(18)21(23)27-13-16-8-6-5-7-9-16/h5-10,18-20H,3-4,11-15H2,1-2H3. The van der Waals surface area contributed by atoms with E-state index in [1.165, 1.54) is 5.57 Å². The molecule has 0 aliphatic carbocycles. The fraction of sp³-hybridized carbons (Fsp3) is 0.571. The third kappa shape index (κ3) is 5.31. The minimum Gasteiger partial charge on any atom is -0.445 e. The topological polar surface area (TPSA) is 57.2 Å². The second-order valence-electron chi connectivity index (χ2n) is 6.78. The van der Waals surface area contributed by atoms with E-state index in [1.54, 1.807) is 0 Å². The molecule has 0 N–H and O–H groups in total. The Kier molecular flexibility index (Phi) is 7.26. The fourth-order valence-corrected chi connectivity index (χ4v) is 3.67. The summed E-state index contributed by atoms with van der Waals surface area (Å²) in [5.41, 5.74) is 2.24. The zero-order chi connectivity index (χ0) is 19.1. The molecular formula is C21H29NO5. The average Bonchev–Trinajstić information content (AvgIpc) is 2.66. The number of hydrogen-bond acceptors (Lipinski definition) is 5. The van der Waals surface area contributed by atoms with Crippen molar-refractivity contribution in [1.29, 1.82) is 0 Å². The van der Waals surface area contributed by atoms with Crippen molar-refractivity contribution in [2.45, 2.75) is 51.7 Å². The van der Waals surface area contributed by atoms with Gasteiger partial charge in [0, 0.05) is 19.6 Å². The summed E-state index contributed by atoms with van der Waals surface area (Å²) in [6, 6.07) is 9.63. The van der Waals surface area contributed by atoms with Crippen LogP contribution in [-0.2, 0) is 25.6 Å². The Hall–Kier alpha value is -1.89. The third-order valence-electron chi connectivity index (χ3n) is 4.83. The highest BCUT2D eigenvalue weighted by Crippen LogP contribution is 2.30. The molecule has 0 saturated carbocycles. The first-order chi connectivity index (χ1) is 13.2. The van der Waals surface area contributed by atoms with Crippen molar-refractivity contribution in [3.05, 3.63) is 47.5 Å². The van der Waals surface area contributed by atoms with Gasteiger partial charge in [0.15, 0.2) is 6.29 Å². The maximum atomic E-state index is 12.7. The first-order valence-electron chi connectivity index (χ1n) is 9.70. The van der Waals surface area contributed by atoms with Crippen LogP contribution in [0.2, 0.25) is 0 Å². The van der Waals surface area contributed by atoms with Crippen molar-refractivity contribution >= 4 is 6.09 Å². The molecule has 3 rings (SSSR count). The van der Waals surface area contributed by atoms with Crippen molar-refractivity contribution in [2.24, 2.45) is 0 Å². The Labute approximate surface area is 161 Å². The molecule has 0 radical (unpaired) electrons. The molecule has 0 spiro atoms. The molecule has 2 atom stereocenters. The Bertz CT molecular complexity index is 627. The van der Waals surface area contributed by atoms with Gasteiger partial charge in [-0.05, 0) is 25.8 Å². The van der Waals surface area contributed by atoms with Crippen molar-refractivity contribution in [1.82, 2.24) is 4.90 Å². The van der Waals surface area contributed by atoms with E-state index >= 15 is 0 Å². The molecule has 2 unspecified atom stereocenters. The van der Waals surface area contributed by atoms with E-state index in [-0.39, 0.29) is 31.1 Å². The maximum Gasteiger partial charge on any atom is 0.411 e. The zero-order valence-electron chi connectivity index (χ0n) is 16.1. The lowest BCUT2D eigenvalue weighted by molar-refractivity contribution is -0.135. The lowest BCUT2D eigenvalue weighted by Gasteiger charge is -2.44. The lowest BCUT2D eigenvalue weighted by Crippen LogP contribution is -2.56. The number of carbonyl (C=O) groups is 1. The Morgan fingerprint density at radius 3 is 2.59 bits per heavy atom. The number of carbonyl (C=O) groups excluding carboxylic acids is 1. The number of benzene rings is 1. The molecule has 1 aromatic carbocycles. The lowest BCUT2D eigenvalue weighted by atomic mass is 9.92. The quantitative estimate of drug-likeness (QED) is 0.514. The number of rotatable bonds is 8. The van der Waals surface area contributed by atoms with Gasteiger partial charge in [0.05, 0.1) is 25.3 Å². The number of morpholine rings is 1. The molecule has 6 nitrogen and oxygen atoms in total. The van der Waals surface area contributed by atoms with Gasteiger partial charge in [-0.3, -0.25) is 4.90 Å². The van der Waals surface area contributed by atoms with Crippen molar-refractivity contribution in [2.75, 3.05) is 26.4 Å². The second kappa shape index (κ2) is 9.88. The minimum absolute atomic E-state index is 0.00377. The van der Waals surface area contributed by atoms with E-state index in [1.807, 2.05) is 49.1 Å². The fourth-order valence-electron chi connectivity index (χ4n) is 3.67. The molecule has 1 aromatic rings. The smallest absolute Gasteiger partial charge is 0.411 e. The van der Waals surface area contributed by atoms with Crippen LogP contribution in [0.25, 0.3) is 0 Å². The summed E-state index contributed by atoms with van der Waals surface area (Å²) in [5.74, 6) is 0. The summed E-state index contributed by atoms with van der Waals surface area (Å²) in [6.07, 6.45) is 3.09. The predicted molar refractivity (Wildman–Crippen MR) is 101 cm³/mol. The van der Waals surface area contributed by atoms with E-state index in [4.69, 9.17) is 18.9 Å². The first-order valence-corrected chi connectivity index (χ1v) is 9.70. The first kappa shape index (κ1) is 19.9. The van der Waals surface area contributed by atoms with Crippen LogP contribution in [0.4, 0.5) is 4.79 Å². The summed E-state index contributed by atoms with van der Waals surface area (Å²) in [5, 5.41) is 0. The summed E-state index contributed by atoms with van der Waals surface area (Å²) >= 11 is 0. The van der Waals surface area contributed by atoms with Gasteiger partial charge in [0.2, 0.25) is 0 Å². The second-order valence-corrected chi connectivity index (χ2v) is 6.78. The number of nitrogens with zero attached hydrogens (tertiary/aromatic N) is 1. The van der Waals surface area contributed by atoms with E-state index in [2.05, 4.69) is 6.08 Å². The third-order valence-corrected chi connectivity index (χ3v) is 4.83. The summed E-state index contributed by atoms with van der Waals surface area (Å²) in [4.78, 5) is 14.5. The van der Waals surface area contributed by atoms with E-state index < -0.39 is 0 Å². The van der Waals surface area contributed by atoms with Crippen LogP contribution in [0.1, 0.15) is 32.3 Å². The highest BCUT2D eigenvalue weighted by atomic mass is 16.7. The van der Waals surface area contributed by atoms with Gasteiger partial charge in [0.1, 0.15) is 6.61 Å². The highest BCUT2D eigenvalue weighted by molar-refractivity contribution is 5.69. The summed E-state index contributed by atoms with van der Waals surface area (Å²) in [6.45, 7) is 6.47. The average molecular weight is 375 g/mol. The van der Waals surface area contributed by atoms with Crippen LogP contribution in [0, 0.1) is 0 Å². The van der Waals surface area contributed by atoms with Gasteiger partial charge in [-0.15, -0.1) is 0 Å². The molecule has 6 heteroatoms. The Morgan fingerprint density at radius 2 is 1.93 bits per heavy atom. The van der Waals surface area contributed by atoms with Gasteiger partial charge in [-0.25, -0.2) is 4.79 Å². The Balaban J connectivity index is 1.62. The molecule has 27 heavy (non-hydrogen) atoms. The van der Waals surface area contributed by atoms with E-state index in [0.717, 1.165) is 18.4 Å². The number of ether oxygens (including phenoxy) is 4. The Morgan fingerprint density at radius 1 is 1.19 bits per heavy atom. The number of fused-ring (bicyclic) bond motifs is 2. The van der Waals surface area contributed by atoms with Gasteiger partial charge < -0.3 is 18.9 Å². The summed E-state index contributed by atoms with van der Waals surface area (Å²) < 4.78 is 22.6. The van der Waals surface area contributed by atoms with Crippen LogP contribution in [0.15, 0.2) is 42.0 Å². The van der Waals surface area contributed by atoms with Crippen molar-refractivity contribution in [3.8, 4) is 0 Å². The summed E-state index contributed by atoms with van der Waals surface area (Å²) in [7, 11) is 0. The molecule has 148 valence electrons. The molecule has 1 saturated heterocycles. The largest absolute Gasteiger partial charge is 0.445 e. The van der Waals surface area contributed by atoms with Crippen molar-refractivity contribution < 1.29 is 23.7 Å². The molecule has 1 fully saturated rings. The van der Waals surface area contributed by atoms with Gasteiger partial charge in [-0.1, -0.05) is 42.0 Å². The van der Waals surface area contributed by atoms with Crippen LogP contribution in [0.5, 0.6) is 0 Å². The predicted octanol–water partition coefficient (Wildman–Crippen LogP) is 3.51. The molecule has 2 aliphatic rings. The van der Waals surface area contributed by atoms with E-state index in [9.17, 15) is 4.79 Å². The number of hydrogen-bond donors (Lipinski definition) is 0. The molecule has 2 heterocycles. The monoisotopic (exact) mass is 375 g/mol. The minimum atomic E-state index is -0.279. The van der Waals surface area contributed by atoms with Crippen LogP contribution in [-0.4, -0.2) is 55.8 Å². The van der Waals surface area contributed by atoms with Crippen LogP contribution >= 0.6 is 0 Å². The maximum absolute atomic E-state index is 12.7. The molecule has 1 amide bonds.